The average Bonchev–Trinajstić information content (AvgIpc) is 2.21. The fourth-order valence-corrected chi connectivity index (χ4v) is 1.32. The molecule has 1 rings (SSSR count). The van der Waals surface area contributed by atoms with Crippen molar-refractivity contribution in [3.63, 3.8) is 0 Å². The fourth-order valence-electron chi connectivity index (χ4n) is 1.27. The molecule has 0 aromatic heterocycles. The van der Waals surface area contributed by atoms with Crippen LogP contribution in [0.15, 0.2) is 24.3 Å². The van der Waals surface area contributed by atoms with Crippen LogP contribution in [0.5, 0.6) is 5.75 Å². The number of aryl methyl sites for hydroxylation is 1. The largest absolute Gasteiger partial charge is 0.482 e. The molecule has 0 saturated carbocycles. The Labute approximate surface area is 95.2 Å². The van der Waals surface area contributed by atoms with Crippen LogP contribution in [0.3, 0.4) is 0 Å². The Morgan fingerprint density at radius 2 is 2.00 bits per heavy atom. The highest BCUT2D eigenvalue weighted by atomic mass is 35.5. The molecule has 0 bridgehead atoms. The number of rotatable bonds is 5. The zero-order valence-electron chi connectivity index (χ0n) is 9.00. The van der Waals surface area contributed by atoms with E-state index in [-0.39, 0.29) is 0 Å². The summed E-state index contributed by atoms with van der Waals surface area (Å²) >= 11 is 5.30. The van der Waals surface area contributed by atoms with Gasteiger partial charge in [-0.25, -0.2) is 0 Å². The van der Waals surface area contributed by atoms with Crippen molar-refractivity contribution in [1.82, 2.24) is 0 Å². The molecule has 0 aliphatic rings. The van der Waals surface area contributed by atoms with Gasteiger partial charge in [0, 0.05) is 0 Å². The van der Waals surface area contributed by atoms with E-state index in [4.69, 9.17) is 16.3 Å². The number of ether oxygens (including phenoxy) is 1. The minimum absolute atomic E-state index is 0.479. The van der Waals surface area contributed by atoms with E-state index in [1.54, 1.807) is 6.92 Å². The van der Waals surface area contributed by atoms with E-state index in [1.807, 2.05) is 24.3 Å². The smallest absolute Gasteiger partial charge is 0.262 e. The standard InChI is InChI=1S/C12H15ClO2/c1-3-4-10-5-7-11(8-6-10)15-9(2)12(13)14/h5-9H,3-4H2,1-2H3. The highest BCUT2D eigenvalue weighted by molar-refractivity contribution is 6.64. The second-order valence-electron chi connectivity index (χ2n) is 3.46. The van der Waals surface area contributed by atoms with Crippen LogP contribution in [0.1, 0.15) is 25.8 Å². The zero-order chi connectivity index (χ0) is 11.3. The van der Waals surface area contributed by atoms with Crippen molar-refractivity contribution in [2.75, 3.05) is 0 Å². The van der Waals surface area contributed by atoms with Gasteiger partial charge in [-0.2, -0.15) is 0 Å². The number of halogens is 1. The quantitative estimate of drug-likeness (QED) is 0.721. The molecule has 3 heteroatoms. The van der Waals surface area contributed by atoms with Crippen LogP contribution >= 0.6 is 11.6 Å². The van der Waals surface area contributed by atoms with Crippen molar-refractivity contribution in [2.45, 2.75) is 32.8 Å². The lowest BCUT2D eigenvalue weighted by molar-refractivity contribution is -0.117. The molecule has 0 radical (unpaired) electrons. The van der Waals surface area contributed by atoms with Crippen molar-refractivity contribution in [2.24, 2.45) is 0 Å². The zero-order valence-corrected chi connectivity index (χ0v) is 9.75. The Balaban J connectivity index is 2.60. The van der Waals surface area contributed by atoms with E-state index in [2.05, 4.69) is 6.92 Å². The van der Waals surface area contributed by atoms with E-state index >= 15 is 0 Å². The van der Waals surface area contributed by atoms with Crippen molar-refractivity contribution < 1.29 is 9.53 Å². The molecule has 0 N–H and O–H groups in total. The van der Waals surface area contributed by atoms with Crippen molar-refractivity contribution >= 4 is 16.8 Å². The maximum absolute atomic E-state index is 10.8. The summed E-state index contributed by atoms with van der Waals surface area (Å²) in [6.45, 7) is 3.77. The maximum Gasteiger partial charge on any atom is 0.262 e. The molecule has 0 fully saturated rings. The summed E-state index contributed by atoms with van der Waals surface area (Å²) in [6, 6.07) is 7.73. The first-order chi connectivity index (χ1) is 7.13. The van der Waals surface area contributed by atoms with Gasteiger partial charge in [0.2, 0.25) is 0 Å². The lowest BCUT2D eigenvalue weighted by atomic mass is 10.1. The third-order valence-electron chi connectivity index (χ3n) is 2.09. The second-order valence-corrected chi connectivity index (χ2v) is 3.83. The topological polar surface area (TPSA) is 26.3 Å². The van der Waals surface area contributed by atoms with E-state index in [0.29, 0.717) is 5.75 Å². The van der Waals surface area contributed by atoms with Crippen LogP contribution in [0.25, 0.3) is 0 Å². The maximum atomic E-state index is 10.8. The normalized spacial score (nSPS) is 12.2. The van der Waals surface area contributed by atoms with Crippen LogP contribution in [-0.2, 0) is 11.2 Å². The summed E-state index contributed by atoms with van der Waals surface area (Å²) in [5, 5.41) is -0.479. The lowest BCUT2D eigenvalue weighted by Crippen LogP contribution is -2.18. The Bertz CT molecular complexity index is 319. The Hall–Kier alpha value is -1.02. The predicted molar refractivity (Wildman–Crippen MR) is 61.4 cm³/mol. The molecule has 2 nitrogen and oxygen atoms in total. The minimum Gasteiger partial charge on any atom is -0.482 e. The van der Waals surface area contributed by atoms with Crippen molar-refractivity contribution in [3.05, 3.63) is 29.8 Å². The summed E-state index contributed by atoms with van der Waals surface area (Å²) in [6.07, 6.45) is 1.59. The van der Waals surface area contributed by atoms with Gasteiger partial charge in [0.1, 0.15) is 5.75 Å². The number of hydrogen-bond acceptors (Lipinski definition) is 2. The molecule has 82 valence electrons. The third kappa shape index (κ3) is 3.92. The van der Waals surface area contributed by atoms with Gasteiger partial charge in [-0.15, -0.1) is 0 Å². The van der Waals surface area contributed by atoms with Gasteiger partial charge in [0.05, 0.1) is 0 Å². The van der Waals surface area contributed by atoms with Gasteiger partial charge >= 0.3 is 0 Å². The van der Waals surface area contributed by atoms with E-state index in [1.165, 1.54) is 5.56 Å². The number of carbonyl (C=O) groups is 1. The van der Waals surface area contributed by atoms with Gasteiger partial charge < -0.3 is 4.74 Å². The molecule has 1 aromatic rings. The highest BCUT2D eigenvalue weighted by Gasteiger charge is 2.10. The van der Waals surface area contributed by atoms with E-state index in [0.717, 1.165) is 12.8 Å². The summed E-state index contributed by atoms with van der Waals surface area (Å²) < 4.78 is 5.33. The molecule has 0 amide bonds. The third-order valence-corrected chi connectivity index (χ3v) is 2.40. The molecule has 0 heterocycles. The fraction of sp³-hybridized carbons (Fsp3) is 0.417. The molecular formula is C12H15ClO2. The highest BCUT2D eigenvalue weighted by Crippen LogP contribution is 2.15. The molecule has 1 unspecified atom stereocenters. The minimum atomic E-state index is -0.594. The van der Waals surface area contributed by atoms with E-state index in [9.17, 15) is 4.79 Å². The van der Waals surface area contributed by atoms with Crippen LogP contribution in [0, 0.1) is 0 Å². The van der Waals surface area contributed by atoms with Gasteiger partial charge in [-0.1, -0.05) is 25.5 Å². The first kappa shape index (κ1) is 12.1. The summed E-state index contributed by atoms with van der Waals surface area (Å²) in [4.78, 5) is 10.8. The molecule has 1 aromatic carbocycles. The first-order valence-corrected chi connectivity index (χ1v) is 5.46. The van der Waals surface area contributed by atoms with E-state index < -0.39 is 11.3 Å². The summed E-state index contributed by atoms with van der Waals surface area (Å²) in [5.41, 5.74) is 1.27. The van der Waals surface area contributed by atoms with Gasteiger partial charge in [0.25, 0.3) is 5.24 Å². The van der Waals surface area contributed by atoms with Gasteiger partial charge in [0.15, 0.2) is 6.10 Å². The molecule has 0 aliphatic heterocycles. The number of carbonyl (C=O) groups excluding carboxylic acids is 1. The van der Waals surface area contributed by atoms with Crippen LogP contribution < -0.4 is 4.74 Å². The Morgan fingerprint density at radius 1 is 1.40 bits per heavy atom. The van der Waals surface area contributed by atoms with Crippen LogP contribution in [0.4, 0.5) is 0 Å². The second kappa shape index (κ2) is 5.76. The predicted octanol–water partition coefficient (Wildman–Crippen LogP) is 3.17. The van der Waals surface area contributed by atoms with Crippen LogP contribution in [0.2, 0.25) is 0 Å². The Kier molecular flexibility index (Phi) is 4.63. The number of hydrogen-bond donors (Lipinski definition) is 0. The molecular weight excluding hydrogens is 212 g/mol. The summed E-state index contributed by atoms with van der Waals surface area (Å²) in [7, 11) is 0. The Morgan fingerprint density at radius 3 is 2.47 bits per heavy atom. The first-order valence-electron chi connectivity index (χ1n) is 5.08. The van der Waals surface area contributed by atoms with Gasteiger partial charge in [-0.3, -0.25) is 4.79 Å². The SMILES string of the molecule is CCCc1ccc(OC(C)C(=O)Cl)cc1. The lowest BCUT2D eigenvalue weighted by Gasteiger charge is -2.10. The number of benzene rings is 1. The average molecular weight is 227 g/mol. The molecule has 0 spiro atoms. The molecule has 0 aliphatic carbocycles. The molecule has 1 atom stereocenters. The van der Waals surface area contributed by atoms with Crippen molar-refractivity contribution in [1.29, 1.82) is 0 Å². The van der Waals surface area contributed by atoms with Gasteiger partial charge in [-0.05, 0) is 42.6 Å². The van der Waals surface area contributed by atoms with Crippen LogP contribution in [-0.4, -0.2) is 11.3 Å². The molecule has 15 heavy (non-hydrogen) atoms. The monoisotopic (exact) mass is 226 g/mol. The van der Waals surface area contributed by atoms with Crippen molar-refractivity contribution in [3.8, 4) is 5.75 Å². The molecule has 0 saturated heterocycles. The summed E-state index contributed by atoms with van der Waals surface area (Å²) in [5.74, 6) is 0.677.